The van der Waals surface area contributed by atoms with Crippen molar-refractivity contribution in [1.82, 2.24) is 0 Å². The number of ketones is 1. The molecule has 2 aromatic carbocycles. The van der Waals surface area contributed by atoms with Gasteiger partial charge in [0.2, 0.25) is 0 Å². The van der Waals surface area contributed by atoms with Gasteiger partial charge >= 0.3 is 0 Å². The van der Waals surface area contributed by atoms with Gasteiger partial charge in [-0.05, 0) is 18.2 Å². The Bertz CT molecular complexity index is 878. The molecule has 0 N–H and O–H groups in total. The summed E-state index contributed by atoms with van der Waals surface area (Å²) in [5, 5.41) is 0.440. The molecule has 0 amide bonds. The highest BCUT2D eigenvalue weighted by molar-refractivity contribution is 5.97. The van der Waals surface area contributed by atoms with Crippen molar-refractivity contribution >= 4 is 16.8 Å². The zero-order valence-electron chi connectivity index (χ0n) is 12.0. The van der Waals surface area contributed by atoms with E-state index in [4.69, 9.17) is 9.15 Å². The largest absolute Gasteiger partial charge is 0.497 e. The van der Waals surface area contributed by atoms with Crippen LogP contribution in [-0.4, -0.2) is 12.9 Å². The van der Waals surface area contributed by atoms with E-state index in [0.29, 0.717) is 28.0 Å². The van der Waals surface area contributed by atoms with E-state index in [1.807, 2.05) is 6.07 Å². The minimum atomic E-state index is -0.184. The Morgan fingerprint density at radius 3 is 2.59 bits per heavy atom. The molecule has 1 heterocycles. The van der Waals surface area contributed by atoms with Gasteiger partial charge < -0.3 is 9.15 Å². The van der Waals surface area contributed by atoms with Gasteiger partial charge in [-0.25, -0.2) is 0 Å². The third-order valence-electron chi connectivity index (χ3n) is 3.42. The van der Waals surface area contributed by atoms with Crippen LogP contribution >= 0.6 is 0 Å². The van der Waals surface area contributed by atoms with Crippen LogP contribution in [0.3, 0.4) is 0 Å². The number of carbonyl (C=O) groups is 1. The van der Waals surface area contributed by atoms with Crippen LogP contribution in [0.15, 0.2) is 63.8 Å². The van der Waals surface area contributed by atoms with Crippen molar-refractivity contribution < 1.29 is 13.9 Å². The van der Waals surface area contributed by atoms with E-state index in [2.05, 4.69) is 0 Å². The van der Waals surface area contributed by atoms with Crippen LogP contribution < -0.4 is 10.2 Å². The molecule has 0 spiro atoms. The molecule has 0 saturated carbocycles. The van der Waals surface area contributed by atoms with E-state index >= 15 is 0 Å². The van der Waals surface area contributed by atoms with Gasteiger partial charge in [-0.3, -0.25) is 9.59 Å². The summed E-state index contributed by atoms with van der Waals surface area (Å²) in [6.07, 6.45) is 0.0568. The van der Waals surface area contributed by atoms with Gasteiger partial charge in [-0.2, -0.15) is 0 Å². The molecule has 0 unspecified atom stereocenters. The van der Waals surface area contributed by atoms with E-state index in [0.717, 1.165) is 0 Å². The maximum atomic E-state index is 12.2. The van der Waals surface area contributed by atoms with Crippen molar-refractivity contribution in [3.63, 3.8) is 0 Å². The van der Waals surface area contributed by atoms with E-state index in [-0.39, 0.29) is 17.6 Å². The molecule has 0 fully saturated rings. The lowest BCUT2D eigenvalue weighted by molar-refractivity contribution is 0.0987. The maximum absolute atomic E-state index is 12.2. The number of carbonyl (C=O) groups excluding carboxylic acids is 1. The van der Waals surface area contributed by atoms with Crippen LogP contribution in [0.4, 0.5) is 0 Å². The Labute approximate surface area is 127 Å². The third kappa shape index (κ3) is 2.76. The highest BCUT2D eigenvalue weighted by Crippen LogP contribution is 2.19. The van der Waals surface area contributed by atoms with Gasteiger partial charge in [0.25, 0.3) is 0 Å². The Balaban J connectivity index is 1.95. The Hall–Kier alpha value is -2.88. The quantitative estimate of drug-likeness (QED) is 0.693. The van der Waals surface area contributed by atoms with Crippen LogP contribution in [0, 0.1) is 0 Å². The summed E-state index contributed by atoms with van der Waals surface area (Å²) in [4.78, 5) is 24.3. The second kappa shape index (κ2) is 5.85. The third-order valence-corrected chi connectivity index (χ3v) is 3.42. The smallest absolute Gasteiger partial charge is 0.193 e. The van der Waals surface area contributed by atoms with Gasteiger partial charge in [0, 0.05) is 11.6 Å². The summed E-state index contributed by atoms with van der Waals surface area (Å²) < 4.78 is 10.8. The van der Waals surface area contributed by atoms with Crippen molar-refractivity contribution in [2.75, 3.05) is 7.11 Å². The van der Waals surface area contributed by atoms with Crippen molar-refractivity contribution in [3.05, 3.63) is 76.1 Å². The monoisotopic (exact) mass is 294 g/mol. The van der Waals surface area contributed by atoms with E-state index in [1.54, 1.807) is 42.5 Å². The molecule has 4 nitrogen and oxygen atoms in total. The van der Waals surface area contributed by atoms with Crippen molar-refractivity contribution in [3.8, 4) is 5.75 Å². The first-order valence-corrected chi connectivity index (χ1v) is 6.86. The Morgan fingerprint density at radius 1 is 1.09 bits per heavy atom. The number of hydrogen-bond donors (Lipinski definition) is 0. The molecule has 0 aliphatic carbocycles. The summed E-state index contributed by atoms with van der Waals surface area (Å²) in [6.45, 7) is 0. The predicted octanol–water partition coefficient (Wildman–Crippen LogP) is 3.23. The van der Waals surface area contributed by atoms with Crippen LogP contribution in [0.2, 0.25) is 0 Å². The number of ether oxygens (including phenoxy) is 1. The number of Topliss-reactive ketones (excluding diaryl/α,β-unsaturated/α-hetero) is 1. The summed E-state index contributed by atoms with van der Waals surface area (Å²) in [5.74, 6) is 0.862. The lowest BCUT2D eigenvalue weighted by Gasteiger charge is -2.04. The Kier molecular flexibility index (Phi) is 3.74. The first-order valence-electron chi connectivity index (χ1n) is 6.86. The summed E-state index contributed by atoms with van der Waals surface area (Å²) in [6, 6.07) is 15.3. The fourth-order valence-corrected chi connectivity index (χ4v) is 2.28. The average molecular weight is 294 g/mol. The first kappa shape index (κ1) is 14.1. The lowest BCUT2D eigenvalue weighted by atomic mass is 10.1. The van der Waals surface area contributed by atoms with E-state index in [1.165, 1.54) is 13.2 Å². The molecule has 1 aromatic heterocycles. The highest BCUT2D eigenvalue weighted by Gasteiger charge is 2.11. The zero-order chi connectivity index (χ0) is 15.5. The van der Waals surface area contributed by atoms with Gasteiger partial charge in [-0.1, -0.05) is 30.3 Å². The lowest BCUT2D eigenvalue weighted by Crippen LogP contribution is -2.08. The summed E-state index contributed by atoms with van der Waals surface area (Å²) >= 11 is 0. The van der Waals surface area contributed by atoms with Gasteiger partial charge in [0.15, 0.2) is 11.2 Å². The molecule has 0 saturated heterocycles. The molecule has 0 aliphatic heterocycles. The second-order valence-electron chi connectivity index (χ2n) is 4.91. The minimum absolute atomic E-state index is 0.0568. The van der Waals surface area contributed by atoms with Crippen LogP contribution in [0.1, 0.15) is 16.1 Å². The van der Waals surface area contributed by atoms with Crippen molar-refractivity contribution in [2.24, 2.45) is 0 Å². The Morgan fingerprint density at radius 2 is 1.86 bits per heavy atom. The van der Waals surface area contributed by atoms with Gasteiger partial charge in [0.05, 0.1) is 18.9 Å². The highest BCUT2D eigenvalue weighted by atomic mass is 16.5. The topological polar surface area (TPSA) is 56.5 Å². The van der Waals surface area contributed by atoms with Gasteiger partial charge in [-0.15, -0.1) is 0 Å². The molecule has 0 aliphatic rings. The van der Waals surface area contributed by atoms with Crippen molar-refractivity contribution in [1.29, 1.82) is 0 Å². The number of rotatable bonds is 4. The molecular weight excluding hydrogens is 280 g/mol. The molecule has 0 radical (unpaired) electrons. The average Bonchev–Trinajstić information content (AvgIpc) is 2.55. The molecule has 110 valence electrons. The molecule has 0 atom stereocenters. The predicted molar refractivity (Wildman–Crippen MR) is 83.5 cm³/mol. The fourth-order valence-electron chi connectivity index (χ4n) is 2.28. The first-order chi connectivity index (χ1) is 10.7. The number of fused-ring (bicyclic) bond motifs is 1. The molecular formula is C18H14O4. The summed E-state index contributed by atoms with van der Waals surface area (Å²) in [5.41, 5.74) is 0.861. The maximum Gasteiger partial charge on any atom is 0.193 e. The van der Waals surface area contributed by atoms with Crippen LogP contribution in [0.25, 0.3) is 11.0 Å². The number of benzene rings is 2. The van der Waals surface area contributed by atoms with Crippen LogP contribution in [-0.2, 0) is 6.42 Å². The minimum Gasteiger partial charge on any atom is -0.497 e. The fraction of sp³-hybridized carbons (Fsp3) is 0.111. The standard InChI is InChI=1S/C18H14O4/c1-21-13-7-8-18-15(9-13)17(20)11-14(22-18)10-16(19)12-5-3-2-4-6-12/h2-9,11H,10H2,1H3. The molecule has 22 heavy (non-hydrogen) atoms. The van der Waals surface area contributed by atoms with E-state index in [9.17, 15) is 9.59 Å². The van der Waals surface area contributed by atoms with Crippen LogP contribution in [0.5, 0.6) is 5.75 Å². The SMILES string of the molecule is COc1ccc2oc(CC(=O)c3ccccc3)cc(=O)c2c1. The normalized spacial score (nSPS) is 10.6. The van der Waals surface area contributed by atoms with E-state index < -0.39 is 0 Å². The molecule has 0 bridgehead atoms. The summed E-state index contributed by atoms with van der Waals surface area (Å²) in [7, 11) is 1.54. The number of hydrogen-bond acceptors (Lipinski definition) is 4. The second-order valence-corrected chi connectivity index (χ2v) is 4.91. The molecule has 3 aromatic rings. The molecule has 3 rings (SSSR count). The number of methoxy groups -OCH3 is 1. The molecule has 4 heteroatoms. The zero-order valence-corrected chi connectivity index (χ0v) is 12.0. The van der Waals surface area contributed by atoms with Crippen molar-refractivity contribution in [2.45, 2.75) is 6.42 Å². The van der Waals surface area contributed by atoms with Gasteiger partial charge in [0.1, 0.15) is 17.1 Å².